The van der Waals surface area contributed by atoms with Gasteiger partial charge in [0.1, 0.15) is 6.04 Å². The van der Waals surface area contributed by atoms with Crippen molar-refractivity contribution in [3.05, 3.63) is 46.7 Å². The van der Waals surface area contributed by atoms with Crippen LogP contribution in [-0.4, -0.2) is 42.9 Å². The first kappa shape index (κ1) is 20.5. The van der Waals surface area contributed by atoms with Gasteiger partial charge in [-0.2, -0.15) is 4.31 Å². The Kier molecular flexibility index (Phi) is 6.48. The molecule has 2 aromatic rings. The molecule has 150 valence electrons. The van der Waals surface area contributed by atoms with Crippen LogP contribution >= 0.6 is 11.3 Å². The Morgan fingerprint density at radius 1 is 1.18 bits per heavy atom. The Labute approximate surface area is 168 Å². The van der Waals surface area contributed by atoms with Gasteiger partial charge in [-0.1, -0.05) is 19.1 Å². The molecule has 1 atom stereocenters. The lowest BCUT2D eigenvalue weighted by Gasteiger charge is -2.23. The normalized spacial score (nSPS) is 17.4. The van der Waals surface area contributed by atoms with Crippen molar-refractivity contribution in [2.75, 3.05) is 22.9 Å². The summed E-state index contributed by atoms with van der Waals surface area (Å²) in [4.78, 5) is 25.5. The predicted octanol–water partition coefficient (Wildman–Crippen LogP) is 3.14. The minimum atomic E-state index is -3.43. The number of rotatable bonds is 7. The predicted molar refractivity (Wildman–Crippen MR) is 111 cm³/mol. The lowest BCUT2D eigenvalue weighted by molar-refractivity contribution is -0.119. The summed E-state index contributed by atoms with van der Waals surface area (Å²) < 4.78 is 26.1. The summed E-state index contributed by atoms with van der Waals surface area (Å²) in [5.74, 6) is -0.522. The monoisotopic (exact) mass is 421 g/mol. The van der Waals surface area contributed by atoms with Gasteiger partial charge in [-0.15, -0.1) is 11.3 Å². The molecule has 3 rings (SSSR count). The van der Waals surface area contributed by atoms with Gasteiger partial charge in [-0.25, -0.2) is 8.42 Å². The fourth-order valence-corrected chi connectivity index (χ4v) is 5.58. The van der Waals surface area contributed by atoms with Gasteiger partial charge in [0.15, 0.2) is 0 Å². The number of anilines is 2. The van der Waals surface area contributed by atoms with Gasteiger partial charge in [0.2, 0.25) is 15.9 Å². The van der Waals surface area contributed by atoms with Crippen molar-refractivity contribution in [2.45, 2.75) is 32.2 Å². The first-order chi connectivity index (χ1) is 13.4. The molecule has 2 heterocycles. The average molecular weight is 422 g/mol. The first-order valence-corrected chi connectivity index (χ1v) is 11.6. The molecule has 0 bridgehead atoms. The van der Waals surface area contributed by atoms with Gasteiger partial charge in [-0.05, 0) is 48.9 Å². The zero-order valence-electron chi connectivity index (χ0n) is 15.6. The van der Waals surface area contributed by atoms with Crippen LogP contribution in [0.15, 0.2) is 41.8 Å². The zero-order valence-corrected chi connectivity index (χ0v) is 17.2. The van der Waals surface area contributed by atoms with Crippen LogP contribution in [0.4, 0.5) is 11.4 Å². The van der Waals surface area contributed by atoms with Gasteiger partial charge in [-0.3, -0.25) is 9.59 Å². The summed E-state index contributed by atoms with van der Waals surface area (Å²) in [5, 5.41) is 7.40. The summed E-state index contributed by atoms with van der Waals surface area (Å²) in [7, 11) is -3.43. The van der Waals surface area contributed by atoms with Gasteiger partial charge in [0.25, 0.3) is 5.91 Å². The topological polar surface area (TPSA) is 95.6 Å². The molecule has 1 saturated heterocycles. The molecule has 1 aliphatic rings. The number of hydrogen-bond acceptors (Lipinski definition) is 5. The maximum atomic E-state index is 12.7. The highest BCUT2D eigenvalue weighted by atomic mass is 32.2. The SMILES string of the molecule is CCCS(=O)(=O)N1CCCC1C(=O)Nc1cccc(NC(=O)c2cccs2)c1. The maximum absolute atomic E-state index is 12.7. The Morgan fingerprint density at radius 3 is 2.61 bits per heavy atom. The standard InChI is InChI=1S/C19H23N3O4S2/c1-2-12-28(25,26)22-10-4-8-16(22)18(23)20-14-6-3-7-15(13-14)21-19(24)17-9-5-11-27-17/h3,5-7,9,11,13,16H,2,4,8,10,12H2,1H3,(H,20,23)(H,21,24). The molecule has 0 aliphatic carbocycles. The second kappa shape index (κ2) is 8.85. The Hall–Kier alpha value is -2.23. The molecule has 1 aromatic heterocycles. The van der Waals surface area contributed by atoms with E-state index < -0.39 is 16.1 Å². The number of carbonyl (C=O) groups excluding carboxylic acids is 2. The fourth-order valence-electron chi connectivity index (χ4n) is 3.21. The molecule has 1 aliphatic heterocycles. The van der Waals surface area contributed by atoms with Gasteiger partial charge in [0.05, 0.1) is 10.6 Å². The molecule has 0 saturated carbocycles. The number of sulfonamides is 1. The van der Waals surface area contributed by atoms with E-state index in [0.29, 0.717) is 42.1 Å². The van der Waals surface area contributed by atoms with Crippen LogP contribution in [0.5, 0.6) is 0 Å². The first-order valence-electron chi connectivity index (χ1n) is 9.16. The molecule has 2 amide bonds. The quantitative estimate of drug-likeness (QED) is 0.718. The van der Waals surface area contributed by atoms with Crippen LogP contribution in [0.25, 0.3) is 0 Å². The van der Waals surface area contributed by atoms with Crippen molar-refractivity contribution in [3.8, 4) is 0 Å². The molecule has 2 N–H and O–H groups in total. The molecule has 1 fully saturated rings. The van der Waals surface area contributed by atoms with E-state index in [2.05, 4.69) is 10.6 Å². The lowest BCUT2D eigenvalue weighted by Crippen LogP contribution is -2.44. The number of thiophene rings is 1. The fraction of sp³-hybridized carbons (Fsp3) is 0.368. The molecular weight excluding hydrogens is 398 g/mol. The zero-order chi connectivity index (χ0) is 20.1. The van der Waals surface area contributed by atoms with E-state index in [1.54, 1.807) is 43.3 Å². The van der Waals surface area contributed by atoms with E-state index in [1.165, 1.54) is 15.6 Å². The van der Waals surface area contributed by atoms with Crippen LogP contribution in [0, 0.1) is 0 Å². The van der Waals surface area contributed by atoms with Crippen LogP contribution in [-0.2, 0) is 14.8 Å². The number of hydrogen-bond donors (Lipinski definition) is 2. The minimum Gasteiger partial charge on any atom is -0.325 e. The highest BCUT2D eigenvalue weighted by Gasteiger charge is 2.38. The highest BCUT2D eigenvalue weighted by Crippen LogP contribution is 2.24. The minimum absolute atomic E-state index is 0.0427. The summed E-state index contributed by atoms with van der Waals surface area (Å²) in [6, 6.07) is 9.66. The Balaban J connectivity index is 1.68. The summed E-state index contributed by atoms with van der Waals surface area (Å²) in [6.45, 7) is 2.18. The lowest BCUT2D eigenvalue weighted by atomic mass is 10.2. The van der Waals surface area contributed by atoms with Crippen molar-refractivity contribution >= 4 is 44.5 Å². The van der Waals surface area contributed by atoms with Crippen molar-refractivity contribution in [3.63, 3.8) is 0 Å². The molecule has 0 spiro atoms. The molecule has 0 radical (unpaired) electrons. The molecular formula is C19H23N3O4S2. The molecule has 7 nitrogen and oxygen atoms in total. The van der Waals surface area contributed by atoms with E-state index >= 15 is 0 Å². The van der Waals surface area contributed by atoms with Gasteiger partial charge >= 0.3 is 0 Å². The second-order valence-electron chi connectivity index (χ2n) is 6.59. The molecule has 9 heteroatoms. The van der Waals surface area contributed by atoms with Crippen LogP contribution < -0.4 is 10.6 Å². The number of carbonyl (C=O) groups is 2. The largest absolute Gasteiger partial charge is 0.325 e. The summed E-state index contributed by atoms with van der Waals surface area (Å²) in [6.07, 6.45) is 1.68. The third-order valence-corrected chi connectivity index (χ3v) is 7.40. The van der Waals surface area contributed by atoms with Crippen molar-refractivity contribution < 1.29 is 18.0 Å². The van der Waals surface area contributed by atoms with Crippen molar-refractivity contribution in [2.24, 2.45) is 0 Å². The maximum Gasteiger partial charge on any atom is 0.265 e. The number of benzene rings is 1. The average Bonchev–Trinajstić information content (AvgIpc) is 3.34. The smallest absolute Gasteiger partial charge is 0.265 e. The van der Waals surface area contributed by atoms with E-state index in [1.807, 2.05) is 5.38 Å². The van der Waals surface area contributed by atoms with Gasteiger partial charge < -0.3 is 10.6 Å². The van der Waals surface area contributed by atoms with Crippen LogP contribution in [0.3, 0.4) is 0 Å². The van der Waals surface area contributed by atoms with Gasteiger partial charge in [0, 0.05) is 17.9 Å². The molecule has 1 aromatic carbocycles. The van der Waals surface area contributed by atoms with E-state index in [0.717, 1.165) is 0 Å². The third kappa shape index (κ3) is 4.78. The number of nitrogens with zero attached hydrogens (tertiary/aromatic N) is 1. The van der Waals surface area contributed by atoms with Crippen molar-refractivity contribution in [1.29, 1.82) is 0 Å². The number of amides is 2. The number of nitrogens with one attached hydrogen (secondary N) is 2. The Bertz CT molecular complexity index is 942. The summed E-state index contributed by atoms with van der Waals surface area (Å²) >= 11 is 1.34. The molecule has 1 unspecified atom stereocenters. The van der Waals surface area contributed by atoms with E-state index in [9.17, 15) is 18.0 Å². The second-order valence-corrected chi connectivity index (χ2v) is 9.58. The van der Waals surface area contributed by atoms with Crippen LogP contribution in [0.2, 0.25) is 0 Å². The van der Waals surface area contributed by atoms with Crippen LogP contribution in [0.1, 0.15) is 35.9 Å². The van der Waals surface area contributed by atoms with E-state index in [-0.39, 0.29) is 17.6 Å². The van der Waals surface area contributed by atoms with E-state index in [4.69, 9.17) is 0 Å². The third-order valence-electron chi connectivity index (χ3n) is 4.46. The van der Waals surface area contributed by atoms with Crippen molar-refractivity contribution in [1.82, 2.24) is 4.31 Å². The molecule has 28 heavy (non-hydrogen) atoms. The Morgan fingerprint density at radius 2 is 1.93 bits per heavy atom. The summed E-state index contributed by atoms with van der Waals surface area (Å²) in [5.41, 5.74) is 1.06. The highest BCUT2D eigenvalue weighted by molar-refractivity contribution is 7.89.